The van der Waals surface area contributed by atoms with Crippen LogP contribution in [0.15, 0.2) is 41.5 Å². The van der Waals surface area contributed by atoms with Gasteiger partial charge < -0.3 is 19.2 Å². The number of pyridine rings is 1. The molecule has 0 unspecified atom stereocenters. The maximum Gasteiger partial charge on any atom is 0.506 e. The molecule has 0 aliphatic carbocycles. The predicted octanol–water partition coefficient (Wildman–Crippen LogP) is 1.76. The van der Waals surface area contributed by atoms with E-state index in [4.69, 9.17) is 9.15 Å². The first-order valence-corrected chi connectivity index (χ1v) is 7.39. The van der Waals surface area contributed by atoms with Gasteiger partial charge in [-0.15, -0.1) is 0 Å². The molecular formula is C16H17BN2O5. The Kier molecular flexibility index (Phi) is 3.94. The number of carbonyl (C=O) groups excluding carboxylic acids is 1. The lowest BCUT2D eigenvalue weighted by molar-refractivity contribution is 0.0547. The monoisotopic (exact) mass is 328 g/mol. The molecule has 3 heterocycles. The van der Waals surface area contributed by atoms with E-state index >= 15 is 0 Å². The average Bonchev–Trinajstić information content (AvgIpc) is 3.12. The van der Waals surface area contributed by atoms with Crippen LogP contribution in [-0.2, 0) is 4.74 Å². The summed E-state index contributed by atoms with van der Waals surface area (Å²) in [5.41, 5.74) is 1.20. The van der Waals surface area contributed by atoms with E-state index in [2.05, 4.69) is 4.98 Å². The Morgan fingerprint density at radius 3 is 2.67 bits per heavy atom. The van der Waals surface area contributed by atoms with Crippen molar-refractivity contribution in [2.75, 3.05) is 0 Å². The Morgan fingerprint density at radius 2 is 2.08 bits per heavy atom. The van der Waals surface area contributed by atoms with Crippen LogP contribution in [0.3, 0.4) is 0 Å². The van der Waals surface area contributed by atoms with Crippen molar-refractivity contribution >= 4 is 29.7 Å². The molecule has 2 N–H and O–H groups in total. The fraction of sp³-hybridized carbons (Fsp3) is 0.250. The number of fused-ring (bicyclic) bond motifs is 1. The third kappa shape index (κ3) is 2.93. The van der Waals surface area contributed by atoms with Gasteiger partial charge in [0.25, 0.3) is 0 Å². The normalized spacial score (nSPS) is 11.7. The highest BCUT2D eigenvalue weighted by Crippen LogP contribution is 2.28. The van der Waals surface area contributed by atoms with Crippen molar-refractivity contribution in [2.45, 2.75) is 26.4 Å². The molecule has 124 valence electrons. The Hall–Kier alpha value is -2.58. The quantitative estimate of drug-likeness (QED) is 0.696. The number of hydrogen-bond donors (Lipinski definition) is 2. The van der Waals surface area contributed by atoms with Gasteiger partial charge in [-0.25, -0.2) is 4.79 Å². The summed E-state index contributed by atoms with van der Waals surface area (Å²) in [7, 11) is -1.83. The van der Waals surface area contributed by atoms with Crippen LogP contribution in [-0.4, -0.2) is 38.4 Å². The average molecular weight is 328 g/mol. The zero-order valence-corrected chi connectivity index (χ0v) is 13.6. The molecule has 0 atom stereocenters. The number of furan rings is 1. The number of nitrogens with zero attached hydrogens (tertiary/aromatic N) is 2. The molecule has 0 amide bonds. The Labute approximate surface area is 138 Å². The molecule has 24 heavy (non-hydrogen) atoms. The molecule has 0 spiro atoms. The smallest absolute Gasteiger partial charge is 0.472 e. The summed E-state index contributed by atoms with van der Waals surface area (Å²) in [5.74, 6) is 0. The molecule has 3 aromatic heterocycles. The van der Waals surface area contributed by atoms with E-state index in [0.29, 0.717) is 16.5 Å². The first-order chi connectivity index (χ1) is 11.3. The maximum absolute atomic E-state index is 12.5. The zero-order chi connectivity index (χ0) is 17.5. The van der Waals surface area contributed by atoms with Crippen molar-refractivity contribution in [1.82, 2.24) is 9.55 Å². The number of hydrogen-bond acceptors (Lipinski definition) is 6. The molecule has 0 saturated carbocycles. The van der Waals surface area contributed by atoms with Gasteiger partial charge in [-0.05, 0) is 32.9 Å². The van der Waals surface area contributed by atoms with Crippen LogP contribution in [0.4, 0.5) is 4.79 Å². The van der Waals surface area contributed by atoms with Crippen LogP contribution < -0.4 is 5.59 Å². The minimum atomic E-state index is -1.83. The van der Waals surface area contributed by atoms with Crippen molar-refractivity contribution in [2.24, 2.45) is 0 Å². The van der Waals surface area contributed by atoms with E-state index in [-0.39, 0.29) is 5.59 Å². The van der Waals surface area contributed by atoms with E-state index in [1.807, 2.05) is 0 Å². The molecule has 3 rings (SSSR count). The lowest BCUT2D eigenvalue weighted by Crippen LogP contribution is -2.41. The number of rotatable bonds is 2. The van der Waals surface area contributed by atoms with Gasteiger partial charge in [0.1, 0.15) is 5.60 Å². The number of carbonyl (C=O) groups is 1. The lowest BCUT2D eigenvalue weighted by Gasteiger charge is -2.20. The first-order valence-electron chi connectivity index (χ1n) is 7.39. The molecule has 0 saturated heterocycles. The molecule has 0 fully saturated rings. The highest BCUT2D eigenvalue weighted by atomic mass is 16.6. The molecule has 0 aliphatic heterocycles. The van der Waals surface area contributed by atoms with Crippen LogP contribution >= 0.6 is 0 Å². The van der Waals surface area contributed by atoms with Crippen molar-refractivity contribution in [3.63, 3.8) is 0 Å². The Balaban J connectivity index is 2.23. The zero-order valence-electron chi connectivity index (χ0n) is 13.6. The highest BCUT2D eigenvalue weighted by Gasteiger charge is 2.28. The van der Waals surface area contributed by atoms with E-state index in [0.717, 1.165) is 10.1 Å². The Bertz CT molecular complexity index is 878. The molecule has 0 radical (unpaired) electrons. The number of aromatic nitrogens is 2. The third-order valence-electron chi connectivity index (χ3n) is 3.43. The fourth-order valence-electron chi connectivity index (χ4n) is 2.49. The van der Waals surface area contributed by atoms with Gasteiger partial charge in [0.15, 0.2) is 0 Å². The van der Waals surface area contributed by atoms with Crippen LogP contribution in [0.1, 0.15) is 20.8 Å². The van der Waals surface area contributed by atoms with Crippen LogP contribution in [0.2, 0.25) is 0 Å². The SMILES string of the molecule is CC(C)(C)OC(=O)n1c(B(O)O)cc2c(-c3ccoc3)cncc21. The molecule has 3 aromatic rings. The molecule has 0 bridgehead atoms. The summed E-state index contributed by atoms with van der Waals surface area (Å²) >= 11 is 0. The minimum Gasteiger partial charge on any atom is -0.472 e. The second-order valence-electron chi connectivity index (χ2n) is 6.39. The summed E-state index contributed by atoms with van der Waals surface area (Å²) in [4.78, 5) is 16.7. The standard InChI is InChI=1S/C16H17BN2O5/c1-16(2,3)24-15(20)19-13-8-18-7-12(10-4-5-23-9-10)11(13)6-14(19)17(21)22/h4-9,21-22H,1-3H3. The fourth-order valence-corrected chi connectivity index (χ4v) is 2.49. The van der Waals surface area contributed by atoms with Gasteiger partial charge >= 0.3 is 13.2 Å². The van der Waals surface area contributed by atoms with Crippen LogP contribution in [0.5, 0.6) is 0 Å². The molecule has 0 aromatic carbocycles. The predicted molar refractivity (Wildman–Crippen MR) is 88.9 cm³/mol. The summed E-state index contributed by atoms with van der Waals surface area (Å²) in [6.45, 7) is 5.21. The minimum absolute atomic E-state index is 0.0111. The van der Waals surface area contributed by atoms with Gasteiger partial charge in [0, 0.05) is 22.7 Å². The lowest BCUT2D eigenvalue weighted by atomic mass is 9.86. The van der Waals surface area contributed by atoms with Gasteiger partial charge in [-0.2, -0.15) is 0 Å². The van der Waals surface area contributed by atoms with Crippen molar-refractivity contribution in [3.8, 4) is 11.1 Å². The van der Waals surface area contributed by atoms with E-state index < -0.39 is 18.8 Å². The first kappa shape index (κ1) is 16.3. The summed E-state index contributed by atoms with van der Waals surface area (Å²) in [5, 5.41) is 20.0. The summed E-state index contributed by atoms with van der Waals surface area (Å²) in [6, 6.07) is 3.30. The molecular weight excluding hydrogens is 311 g/mol. The van der Waals surface area contributed by atoms with Crippen molar-refractivity contribution < 1.29 is 24.0 Å². The molecule has 7 nitrogen and oxygen atoms in total. The van der Waals surface area contributed by atoms with Crippen molar-refractivity contribution in [1.29, 1.82) is 0 Å². The van der Waals surface area contributed by atoms with Crippen LogP contribution in [0, 0.1) is 0 Å². The van der Waals surface area contributed by atoms with E-state index in [9.17, 15) is 14.8 Å². The van der Waals surface area contributed by atoms with Gasteiger partial charge in [0.2, 0.25) is 0 Å². The van der Waals surface area contributed by atoms with E-state index in [1.165, 1.54) is 18.5 Å². The Morgan fingerprint density at radius 1 is 1.33 bits per heavy atom. The maximum atomic E-state index is 12.5. The second-order valence-corrected chi connectivity index (χ2v) is 6.39. The van der Waals surface area contributed by atoms with Crippen LogP contribution in [0.25, 0.3) is 22.0 Å². The van der Waals surface area contributed by atoms with Crippen molar-refractivity contribution in [3.05, 3.63) is 37.1 Å². The highest BCUT2D eigenvalue weighted by molar-refractivity contribution is 6.59. The summed E-state index contributed by atoms with van der Waals surface area (Å²) in [6.07, 6.45) is 5.48. The topological polar surface area (TPSA) is 97.7 Å². The van der Waals surface area contributed by atoms with E-state index in [1.54, 1.807) is 39.3 Å². The summed E-state index contributed by atoms with van der Waals surface area (Å²) < 4.78 is 11.6. The second kappa shape index (κ2) is 5.81. The van der Waals surface area contributed by atoms with Gasteiger partial charge in [0.05, 0.1) is 29.8 Å². The largest absolute Gasteiger partial charge is 0.506 e. The molecule has 0 aliphatic rings. The van der Waals surface area contributed by atoms with Gasteiger partial charge in [-0.1, -0.05) is 0 Å². The van der Waals surface area contributed by atoms with Gasteiger partial charge in [-0.3, -0.25) is 9.55 Å². The molecule has 8 heteroatoms. The number of ether oxygens (including phenoxy) is 1. The third-order valence-corrected chi connectivity index (χ3v) is 3.43.